The van der Waals surface area contributed by atoms with Crippen molar-refractivity contribution in [1.82, 2.24) is 5.32 Å². The van der Waals surface area contributed by atoms with Gasteiger partial charge in [0, 0.05) is 11.4 Å². The third kappa shape index (κ3) is 5.99. The monoisotopic (exact) mass is 373 g/mol. The van der Waals surface area contributed by atoms with Crippen LogP contribution in [0.5, 0.6) is 11.5 Å². The minimum atomic E-state index is -0.164. The highest BCUT2D eigenvalue weighted by atomic mass is 32.2. The number of carbonyl (C=O) groups excluding carboxylic acids is 1. The highest BCUT2D eigenvalue weighted by Gasteiger charge is 2.14. The van der Waals surface area contributed by atoms with Gasteiger partial charge in [0.1, 0.15) is 0 Å². The molecule has 1 N–H and O–H groups in total. The van der Waals surface area contributed by atoms with Crippen LogP contribution in [0.2, 0.25) is 0 Å². The minimum Gasteiger partial charge on any atom is -0.493 e. The van der Waals surface area contributed by atoms with Crippen LogP contribution < -0.4 is 14.8 Å². The summed E-state index contributed by atoms with van der Waals surface area (Å²) in [6.45, 7) is 8.37. The summed E-state index contributed by atoms with van der Waals surface area (Å²) < 4.78 is 11.1. The summed E-state index contributed by atoms with van der Waals surface area (Å²) in [5.41, 5.74) is 2.18. The first-order valence-electron chi connectivity index (χ1n) is 8.73. The topological polar surface area (TPSA) is 47.6 Å². The zero-order valence-electron chi connectivity index (χ0n) is 16.0. The molecule has 2 rings (SSSR count). The molecule has 0 aliphatic rings. The van der Waals surface area contributed by atoms with Crippen molar-refractivity contribution in [3.63, 3.8) is 0 Å². The summed E-state index contributed by atoms with van der Waals surface area (Å²) in [5.74, 6) is 1.39. The lowest BCUT2D eigenvalue weighted by Gasteiger charge is -2.15. The Morgan fingerprint density at radius 2 is 1.77 bits per heavy atom. The van der Waals surface area contributed by atoms with Crippen LogP contribution in [0.1, 0.15) is 31.9 Å². The van der Waals surface area contributed by atoms with Gasteiger partial charge in [0.25, 0.3) is 0 Å². The summed E-state index contributed by atoms with van der Waals surface area (Å²) in [5, 5.41) is 2.82. The normalized spacial score (nSPS) is 11.9. The van der Waals surface area contributed by atoms with Gasteiger partial charge in [0.05, 0.1) is 18.5 Å². The molecule has 0 heterocycles. The van der Waals surface area contributed by atoms with Gasteiger partial charge in [-0.3, -0.25) is 4.79 Å². The van der Waals surface area contributed by atoms with Crippen molar-refractivity contribution in [2.75, 3.05) is 7.11 Å². The van der Waals surface area contributed by atoms with E-state index in [1.165, 1.54) is 5.56 Å². The van der Waals surface area contributed by atoms with Gasteiger partial charge in [-0.25, -0.2) is 0 Å². The van der Waals surface area contributed by atoms with Crippen LogP contribution in [0.25, 0.3) is 0 Å². The van der Waals surface area contributed by atoms with Gasteiger partial charge in [0.15, 0.2) is 11.5 Å². The Kier molecular flexibility index (Phi) is 7.39. The molecule has 0 saturated carbocycles. The molecule has 4 nitrogen and oxygen atoms in total. The summed E-state index contributed by atoms with van der Waals surface area (Å²) in [6, 6.07) is 13.9. The molecule has 0 radical (unpaired) electrons. The van der Waals surface area contributed by atoms with Crippen LogP contribution >= 0.6 is 11.8 Å². The maximum absolute atomic E-state index is 12.4. The average Bonchev–Trinajstić information content (AvgIpc) is 2.62. The average molecular weight is 374 g/mol. The van der Waals surface area contributed by atoms with Gasteiger partial charge in [0.2, 0.25) is 5.91 Å². The predicted molar refractivity (Wildman–Crippen MR) is 107 cm³/mol. The quantitative estimate of drug-likeness (QED) is 0.688. The molecular weight excluding hydrogens is 346 g/mol. The maximum atomic E-state index is 12.4. The molecule has 0 spiro atoms. The first kappa shape index (κ1) is 20.2. The van der Waals surface area contributed by atoms with Crippen molar-refractivity contribution >= 4 is 17.7 Å². The van der Waals surface area contributed by atoms with Crippen LogP contribution in [-0.2, 0) is 11.3 Å². The van der Waals surface area contributed by atoms with Crippen LogP contribution in [0, 0.1) is 6.92 Å². The first-order chi connectivity index (χ1) is 12.4. The van der Waals surface area contributed by atoms with Crippen molar-refractivity contribution in [3.05, 3.63) is 53.6 Å². The largest absolute Gasteiger partial charge is 0.493 e. The zero-order chi connectivity index (χ0) is 19.1. The number of amides is 1. The number of carbonyl (C=O) groups is 1. The number of hydrogen-bond acceptors (Lipinski definition) is 4. The van der Waals surface area contributed by atoms with Crippen LogP contribution in [0.15, 0.2) is 47.4 Å². The minimum absolute atomic E-state index is 0.0112. The second-order valence-electron chi connectivity index (χ2n) is 6.44. The predicted octanol–water partition coefficient (Wildman–Crippen LogP) is 4.59. The van der Waals surface area contributed by atoms with Crippen molar-refractivity contribution < 1.29 is 14.3 Å². The lowest BCUT2D eigenvalue weighted by molar-refractivity contribution is -0.120. The third-order valence-corrected chi connectivity index (χ3v) is 4.87. The fourth-order valence-electron chi connectivity index (χ4n) is 2.38. The molecule has 0 aliphatic carbocycles. The molecule has 2 aromatic carbocycles. The van der Waals surface area contributed by atoms with E-state index in [-0.39, 0.29) is 17.3 Å². The number of thioether (sulfide) groups is 1. The summed E-state index contributed by atoms with van der Waals surface area (Å²) in [4.78, 5) is 13.5. The maximum Gasteiger partial charge on any atom is 0.233 e. The molecule has 26 heavy (non-hydrogen) atoms. The second kappa shape index (κ2) is 9.53. The fraction of sp³-hybridized carbons (Fsp3) is 0.381. The molecule has 1 amide bonds. The van der Waals surface area contributed by atoms with Crippen LogP contribution in [0.3, 0.4) is 0 Å². The number of ether oxygens (including phenoxy) is 2. The molecule has 140 valence electrons. The van der Waals surface area contributed by atoms with Crippen molar-refractivity contribution in [2.45, 2.75) is 50.5 Å². The molecule has 0 fully saturated rings. The van der Waals surface area contributed by atoms with Gasteiger partial charge in [-0.2, -0.15) is 0 Å². The Morgan fingerprint density at radius 3 is 2.38 bits per heavy atom. The van der Waals surface area contributed by atoms with Crippen molar-refractivity contribution in [2.24, 2.45) is 0 Å². The summed E-state index contributed by atoms with van der Waals surface area (Å²) in [6.07, 6.45) is 0.0779. The van der Waals surface area contributed by atoms with Gasteiger partial charge in [-0.1, -0.05) is 23.8 Å². The van der Waals surface area contributed by atoms with Crippen LogP contribution in [-0.4, -0.2) is 24.4 Å². The lowest BCUT2D eigenvalue weighted by Crippen LogP contribution is -2.30. The number of methoxy groups -OCH3 is 1. The van der Waals surface area contributed by atoms with E-state index >= 15 is 0 Å². The van der Waals surface area contributed by atoms with E-state index in [2.05, 4.69) is 24.4 Å². The van der Waals surface area contributed by atoms with E-state index in [9.17, 15) is 4.79 Å². The molecule has 0 aliphatic heterocycles. The Morgan fingerprint density at radius 1 is 1.08 bits per heavy atom. The zero-order valence-corrected chi connectivity index (χ0v) is 16.9. The number of nitrogens with one attached hydrogen (secondary N) is 1. The number of hydrogen-bond donors (Lipinski definition) is 1. The molecule has 5 heteroatoms. The Hall–Kier alpha value is -2.14. The Bertz CT molecular complexity index is 729. The lowest BCUT2D eigenvalue weighted by atomic mass is 10.2. The van der Waals surface area contributed by atoms with E-state index in [0.717, 1.165) is 10.5 Å². The molecular formula is C21H27NO3S. The smallest absolute Gasteiger partial charge is 0.233 e. The van der Waals surface area contributed by atoms with E-state index in [1.54, 1.807) is 18.9 Å². The van der Waals surface area contributed by atoms with Crippen molar-refractivity contribution in [3.8, 4) is 11.5 Å². The molecule has 1 unspecified atom stereocenters. The van der Waals surface area contributed by atoms with Crippen molar-refractivity contribution in [1.29, 1.82) is 0 Å². The Labute approximate surface area is 160 Å². The fourth-order valence-corrected chi connectivity index (χ4v) is 3.27. The number of aryl methyl sites for hydroxylation is 1. The van der Waals surface area contributed by atoms with E-state index in [1.807, 2.05) is 51.1 Å². The standard InChI is InChI=1S/C21H27NO3S/c1-14(2)25-19-11-8-17(12-20(19)24-5)13-22-21(23)16(4)26-18-9-6-15(3)7-10-18/h6-12,14,16H,13H2,1-5H3,(H,22,23). The summed E-state index contributed by atoms with van der Waals surface area (Å²) in [7, 11) is 1.62. The molecule has 0 aromatic heterocycles. The Balaban J connectivity index is 1.92. The number of benzene rings is 2. The second-order valence-corrected chi connectivity index (χ2v) is 7.86. The SMILES string of the molecule is COc1cc(CNC(=O)C(C)Sc2ccc(C)cc2)ccc1OC(C)C. The van der Waals surface area contributed by atoms with Gasteiger partial charge in [-0.05, 0) is 57.5 Å². The van der Waals surface area contributed by atoms with Gasteiger partial charge >= 0.3 is 0 Å². The highest BCUT2D eigenvalue weighted by molar-refractivity contribution is 8.00. The molecule has 1 atom stereocenters. The highest BCUT2D eigenvalue weighted by Crippen LogP contribution is 2.29. The summed E-state index contributed by atoms with van der Waals surface area (Å²) >= 11 is 1.56. The van der Waals surface area contributed by atoms with Crippen LogP contribution in [0.4, 0.5) is 0 Å². The van der Waals surface area contributed by atoms with E-state index in [0.29, 0.717) is 18.0 Å². The van der Waals surface area contributed by atoms with Gasteiger partial charge < -0.3 is 14.8 Å². The molecule has 2 aromatic rings. The van der Waals surface area contributed by atoms with E-state index < -0.39 is 0 Å². The van der Waals surface area contributed by atoms with E-state index in [4.69, 9.17) is 9.47 Å². The first-order valence-corrected chi connectivity index (χ1v) is 9.61. The number of rotatable bonds is 8. The third-order valence-electron chi connectivity index (χ3n) is 3.76. The molecule has 0 saturated heterocycles. The van der Waals surface area contributed by atoms with Gasteiger partial charge in [-0.15, -0.1) is 11.8 Å². The molecule has 0 bridgehead atoms.